The fourth-order valence-corrected chi connectivity index (χ4v) is 2.23. The number of rotatable bonds is 5. The average Bonchev–Trinajstić information content (AvgIpc) is 2.92. The molecule has 1 atom stereocenters. The SMILES string of the molecule is COCc1ccccc1CNC(=O)C1CCNC1.Cl. The summed E-state index contributed by atoms with van der Waals surface area (Å²) in [5, 5.41) is 6.21. The highest BCUT2D eigenvalue weighted by Crippen LogP contribution is 2.11. The molecule has 1 aromatic rings. The van der Waals surface area contributed by atoms with E-state index in [4.69, 9.17) is 4.74 Å². The Hall–Kier alpha value is -1.10. The van der Waals surface area contributed by atoms with Crippen LogP contribution in [0.2, 0.25) is 0 Å². The summed E-state index contributed by atoms with van der Waals surface area (Å²) in [5.74, 6) is 0.270. The lowest BCUT2D eigenvalue weighted by atomic mass is 10.1. The van der Waals surface area contributed by atoms with E-state index in [-0.39, 0.29) is 24.2 Å². The van der Waals surface area contributed by atoms with Gasteiger partial charge in [-0.3, -0.25) is 4.79 Å². The number of nitrogens with one attached hydrogen (secondary N) is 2. The minimum Gasteiger partial charge on any atom is -0.380 e. The molecule has 0 spiro atoms. The van der Waals surface area contributed by atoms with Gasteiger partial charge in [-0.1, -0.05) is 24.3 Å². The molecule has 1 aliphatic heterocycles. The fraction of sp³-hybridized carbons (Fsp3) is 0.500. The van der Waals surface area contributed by atoms with Crippen LogP contribution in [0.25, 0.3) is 0 Å². The van der Waals surface area contributed by atoms with Crippen LogP contribution in [0, 0.1) is 5.92 Å². The van der Waals surface area contributed by atoms with Gasteiger partial charge >= 0.3 is 0 Å². The molecule has 1 heterocycles. The monoisotopic (exact) mass is 284 g/mol. The summed E-state index contributed by atoms with van der Waals surface area (Å²) in [6.45, 7) is 2.90. The first kappa shape index (κ1) is 16.0. The molecule has 1 amide bonds. The van der Waals surface area contributed by atoms with Crippen molar-refractivity contribution >= 4 is 18.3 Å². The highest BCUT2D eigenvalue weighted by atomic mass is 35.5. The molecule has 19 heavy (non-hydrogen) atoms. The maximum Gasteiger partial charge on any atom is 0.224 e. The van der Waals surface area contributed by atoms with Crippen molar-refractivity contribution in [3.8, 4) is 0 Å². The first-order chi connectivity index (χ1) is 8.81. The van der Waals surface area contributed by atoms with Gasteiger partial charge in [0.25, 0.3) is 0 Å². The zero-order chi connectivity index (χ0) is 12.8. The minimum absolute atomic E-state index is 0. The van der Waals surface area contributed by atoms with E-state index in [9.17, 15) is 4.79 Å². The van der Waals surface area contributed by atoms with Crippen molar-refractivity contribution in [3.63, 3.8) is 0 Å². The fourth-order valence-electron chi connectivity index (χ4n) is 2.23. The number of hydrogen-bond acceptors (Lipinski definition) is 3. The lowest BCUT2D eigenvalue weighted by Crippen LogP contribution is -2.31. The second kappa shape index (κ2) is 8.15. The topological polar surface area (TPSA) is 50.4 Å². The molecule has 0 saturated carbocycles. The summed E-state index contributed by atoms with van der Waals surface area (Å²) in [7, 11) is 1.68. The van der Waals surface area contributed by atoms with Gasteiger partial charge in [-0.15, -0.1) is 12.4 Å². The zero-order valence-corrected chi connectivity index (χ0v) is 12.0. The van der Waals surface area contributed by atoms with Crippen LogP contribution >= 0.6 is 12.4 Å². The quantitative estimate of drug-likeness (QED) is 0.861. The predicted molar refractivity (Wildman–Crippen MR) is 77.2 cm³/mol. The number of ether oxygens (including phenoxy) is 1. The number of carbonyl (C=O) groups excluding carboxylic acids is 1. The number of benzene rings is 1. The van der Waals surface area contributed by atoms with Crippen molar-refractivity contribution in [1.82, 2.24) is 10.6 Å². The Morgan fingerprint density at radius 1 is 1.42 bits per heavy atom. The van der Waals surface area contributed by atoms with Gasteiger partial charge in [-0.25, -0.2) is 0 Å². The summed E-state index contributed by atoms with van der Waals surface area (Å²) < 4.78 is 5.15. The van der Waals surface area contributed by atoms with Gasteiger partial charge < -0.3 is 15.4 Å². The molecule has 4 nitrogen and oxygen atoms in total. The van der Waals surface area contributed by atoms with Crippen molar-refractivity contribution in [2.45, 2.75) is 19.6 Å². The average molecular weight is 285 g/mol. The third kappa shape index (κ3) is 4.49. The molecule has 5 heteroatoms. The second-order valence-corrected chi connectivity index (χ2v) is 4.61. The third-order valence-electron chi connectivity index (χ3n) is 3.30. The number of amides is 1. The predicted octanol–water partition coefficient (Wildman–Crippen LogP) is 1.48. The maximum atomic E-state index is 11.9. The first-order valence-electron chi connectivity index (χ1n) is 6.35. The number of carbonyl (C=O) groups is 1. The molecular weight excluding hydrogens is 264 g/mol. The second-order valence-electron chi connectivity index (χ2n) is 4.61. The van der Waals surface area contributed by atoms with Crippen LogP contribution in [-0.4, -0.2) is 26.1 Å². The molecule has 2 rings (SSSR count). The van der Waals surface area contributed by atoms with Crippen molar-refractivity contribution in [2.75, 3.05) is 20.2 Å². The van der Waals surface area contributed by atoms with E-state index in [1.165, 1.54) is 0 Å². The van der Waals surface area contributed by atoms with Crippen molar-refractivity contribution in [1.29, 1.82) is 0 Å². The zero-order valence-electron chi connectivity index (χ0n) is 11.1. The largest absolute Gasteiger partial charge is 0.380 e. The van der Waals surface area contributed by atoms with Crippen LogP contribution in [0.3, 0.4) is 0 Å². The van der Waals surface area contributed by atoms with Gasteiger partial charge in [-0.2, -0.15) is 0 Å². The van der Waals surface area contributed by atoms with Crippen LogP contribution in [-0.2, 0) is 22.7 Å². The van der Waals surface area contributed by atoms with Gasteiger partial charge in [-0.05, 0) is 24.1 Å². The number of methoxy groups -OCH3 is 1. The molecule has 1 aromatic carbocycles. The van der Waals surface area contributed by atoms with E-state index in [1.807, 2.05) is 24.3 Å². The molecule has 106 valence electrons. The van der Waals surface area contributed by atoms with Crippen molar-refractivity contribution in [2.24, 2.45) is 5.92 Å². The normalized spacial score (nSPS) is 17.8. The van der Waals surface area contributed by atoms with Gasteiger partial charge in [0.05, 0.1) is 12.5 Å². The Bertz CT molecular complexity index is 406. The summed E-state index contributed by atoms with van der Waals surface area (Å²) in [6.07, 6.45) is 0.936. The minimum atomic E-state index is 0. The summed E-state index contributed by atoms with van der Waals surface area (Å²) in [6, 6.07) is 8.03. The molecule has 0 bridgehead atoms. The van der Waals surface area contributed by atoms with E-state index in [0.717, 1.165) is 30.6 Å². The number of halogens is 1. The maximum absolute atomic E-state index is 11.9. The van der Waals surface area contributed by atoms with Crippen molar-refractivity contribution in [3.05, 3.63) is 35.4 Å². The summed E-state index contributed by atoms with van der Waals surface area (Å²) >= 11 is 0. The summed E-state index contributed by atoms with van der Waals surface area (Å²) in [5.41, 5.74) is 2.25. The Labute approximate surface area is 120 Å². The first-order valence-corrected chi connectivity index (χ1v) is 6.35. The lowest BCUT2D eigenvalue weighted by Gasteiger charge is -2.12. The van der Waals surface area contributed by atoms with Gasteiger partial charge in [0.15, 0.2) is 0 Å². The molecule has 1 saturated heterocycles. The molecule has 0 aliphatic carbocycles. The van der Waals surface area contributed by atoms with Crippen molar-refractivity contribution < 1.29 is 9.53 Å². The number of hydrogen-bond donors (Lipinski definition) is 2. The summed E-state index contributed by atoms with van der Waals surface area (Å²) in [4.78, 5) is 11.9. The van der Waals surface area contributed by atoms with Gasteiger partial charge in [0, 0.05) is 20.2 Å². The van der Waals surface area contributed by atoms with E-state index in [0.29, 0.717) is 13.2 Å². The third-order valence-corrected chi connectivity index (χ3v) is 3.30. The van der Waals surface area contributed by atoms with Crippen LogP contribution in [0.15, 0.2) is 24.3 Å². The standard InChI is InChI=1S/C14H20N2O2.ClH/c1-18-10-13-5-3-2-4-11(13)9-16-14(17)12-6-7-15-8-12;/h2-5,12,15H,6-10H2,1H3,(H,16,17);1H. The van der Waals surface area contributed by atoms with E-state index in [1.54, 1.807) is 7.11 Å². The Morgan fingerprint density at radius 2 is 2.16 bits per heavy atom. The van der Waals surface area contributed by atoms with E-state index < -0.39 is 0 Å². The van der Waals surface area contributed by atoms with E-state index in [2.05, 4.69) is 10.6 Å². The molecule has 1 aliphatic rings. The van der Waals surface area contributed by atoms with Crippen LogP contribution in [0.5, 0.6) is 0 Å². The molecule has 0 radical (unpaired) electrons. The van der Waals surface area contributed by atoms with Gasteiger partial charge in [0.1, 0.15) is 0 Å². The van der Waals surface area contributed by atoms with Gasteiger partial charge in [0.2, 0.25) is 5.91 Å². The smallest absolute Gasteiger partial charge is 0.224 e. The highest BCUT2D eigenvalue weighted by Gasteiger charge is 2.21. The molecule has 1 unspecified atom stereocenters. The molecule has 2 N–H and O–H groups in total. The highest BCUT2D eigenvalue weighted by molar-refractivity contribution is 5.85. The molecule has 1 fully saturated rings. The van der Waals surface area contributed by atoms with Crippen LogP contribution < -0.4 is 10.6 Å². The molecule has 0 aromatic heterocycles. The van der Waals surface area contributed by atoms with Crippen LogP contribution in [0.1, 0.15) is 17.5 Å². The van der Waals surface area contributed by atoms with E-state index >= 15 is 0 Å². The Kier molecular flexibility index (Phi) is 6.84. The Balaban J connectivity index is 0.00000180. The lowest BCUT2D eigenvalue weighted by molar-refractivity contribution is -0.124. The van der Waals surface area contributed by atoms with Crippen LogP contribution in [0.4, 0.5) is 0 Å². The molecular formula is C14H21ClN2O2. The Morgan fingerprint density at radius 3 is 2.79 bits per heavy atom.